The van der Waals surface area contributed by atoms with E-state index in [1.54, 1.807) is 6.20 Å². The van der Waals surface area contributed by atoms with Gasteiger partial charge in [-0.3, -0.25) is 0 Å². The Morgan fingerprint density at radius 3 is 2.79 bits per heavy atom. The van der Waals surface area contributed by atoms with Gasteiger partial charge in [0.25, 0.3) is 0 Å². The van der Waals surface area contributed by atoms with Crippen molar-refractivity contribution >= 4 is 11.7 Å². The number of urea groups is 1. The highest BCUT2D eigenvalue weighted by Crippen LogP contribution is 2.42. The maximum absolute atomic E-state index is 12.5. The second-order valence-corrected chi connectivity index (χ2v) is 6.96. The van der Waals surface area contributed by atoms with E-state index in [0.29, 0.717) is 25.7 Å². The van der Waals surface area contributed by atoms with Crippen LogP contribution >= 0.6 is 0 Å². The first kappa shape index (κ1) is 15.8. The van der Waals surface area contributed by atoms with E-state index in [1.807, 2.05) is 6.92 Å². The van der Waals surface area contributed by atoms with Crippen LogP contribution in [0.3, 0.4) is 0 Å². The third kappa shape index (κ3) is 3.10. The summed E-state index contributed by atoms with van der Waals surface area (Å²) < 4.78 is 11.4. The van der Waals surface area contributed by atoms with Crippen molar-refractivity contribution in [3.8, 4) is 0 Å². The molecule has 0 aromatic carbocycles. The van der Waals surface area contributed by atoms with E-state index in [1.165, 1.54) is 0 Å². The molecule has 1 unspecified atom stereocenters. The average molecular weight is 332 g/mol. The molecule has 1 saturated carbocycles. The number of nitrogens with one attached hydrogen (secondary N) is 2. The maximum atomic E-state index is 12.5. The van der Waals surface area contributed by atoms with Crippen molar-refractivity contribution < 1.29 is 14.3 Å². The van der Waals surface area contributed by atoms with Crippen molar-refractivity contribution in [2.75, 3.05) is 25.1 Å². The van der Waals surface area contributed by atoms with E-state index >= 15 is 0 Å². The Morgan fingerprint density at radius 2 is 2.04 bits per heavy atom. The number of hydrogen-bond donors (Lipinski definition) is 2. The molecule has 2 saturated heterocycles. The molecule has 3 heterocycles. The molecule has 130 valence electrons. The highest BCUT2D eigenvalue weighted by Gasteiger charge is 2.46. The summed E-state index contributed by atoms with van der Waals surface area (Å²) in [6, 6.07) is -0.178. The lowest BCUT2D eigenvalue weighted by atomic mass is 9.86. The summed E-state index contributed by atoms with van der Waals surface area (Å²) in [6.07, 6.45) is 6.48. The second-order valence-electron chi connectivity index (χ2n) is 6.96. The van der Waals surface area contributed by atoms with Crippen LogP contribution in [0.5, 0.6) is 0 Å². The molecule has 0 bridgehead atoms. The number of ether oxygens (including phenoxy) is 2. The fourth-order valence-corrected chi connectivity index (χ4v) is 3.73. The van der Waals surface area contributed by atoms with Crippen molar-refractivity contribution in [2.24, 2.45) is 0 Å². The quantitative estimate of drug-likeness (QED) is 0.885. The molecule has 24 heavy (non-hydrogen) atoms. The summed E-state index contributed by atoms with van der Waals surface area (Å²) in [5.41, 5.74) is 1.42. The van der Waals surface area contributed by atoms with Crippen LogP contribution in [0.4, 0.5) is 10.5 Å². The minimum Gasteiger partial charge on any atom is -0.381 e. The molecule has 2 N–H and O–H groups in total. The molecular weight excluding hydrogens is 308 g/mol. The molecule has 2 amide bonds. The number of amides is 2. The second kappa shape index (κ2) is 6.29. The van der Waals surface area contributed by atoms with Crippen molar-refractivity contribution in [3.05, 3.63) is 17.7 Å². The number of aromatic nitrogens is 2. The van der Waals surface area contributed by atoms with Gasteiger partial charge in [-0.15, -0.1) is 0 Å². The van der Waals surface area contributed by atoms with Gasteiger partial charge in [-0.1, -0.05) is 0 Å². The lowest BCUT2D eigenvalue weighted by Gasteiger charge is -2.37. The minimum atomic E-state index is -0.265. The molecule has 1 aliphatic carbocycles. The van der Waals surface area contributed by atoms with Crippen molar-refractivity contribution in [3.63, 3.8) is 0 Å². The minimum absolute atomic E-state index is 0.0251. The normalized spacial score (nSPS) is 25.6. The smallest absolute Gasteiger partial charge is 0.319 e. The summed E-state index contributed by atoms with van der Waals surface area (Å²) in [6.45, 7) is 3.95. The highest BCUT2D eigenvalue weighted by molar-refractivity contribution is 5.90. The van der Waals surface area contributed by atoms with Gasteiger partial charge in [0.05, 0.1) is 29.2 Å². The van der Waals surface area contributed by atoms with Gasteiger partial charge in [-0.25, -0.2) is 14.8 Å². The number of carbonyl (C=O) groups is 1. The Labute approximate surface area is 141 Å². The first-order chi connectivity index (χ1) is 11.7. The van der Waals surface area contributed by atoms with Crippen LogP contribution in [-0.2, 0) is 9.47 Å². The molecule has 7 nitrogen and oxygen atoms in total. The lowest BCUT2D eigenvalue weighted by Crippen LogP contribution is -2.53. The Hall–Kier alpha value is -1.73. The molecule has 1 spiro atoms. The first-order valence-corrected chi connectivity index (χ1v) is 8.79. The molecular formula is C17H24N4O3. The van der Waals surface area contributed by atoms with Gasteiger partial charge in [0, 0.05) is 38.6 Å². The maximum Gasteiger partial charge on any atom is 0.319 e. The van der Waals surface area contributed by atoms with Crippen LogP contribution in [0.25, 0.3) is 0 Å². The van der Waals surface area contributed by atoms with Crippen LogP contribution in [-0.4, -0.2) is 47.5 Å². The van der Waals surface area contributed by atoms with E-state index in [9.17, 15) is 4.79 Å². The van der Waals surface area contributed by atoms with E-state index in [-0.39, 0.29) is 17.7 Å². The van der Waals surface area contributed by atoms with E-state index < -0.39 is 0 Å². The Morgan fingerprint density at radius 1 is 1.25 bits per heavy atom. The van der Waals surface area contributed by atoms with Crippen LogP contribution in [0.2, 0.25) is 0 Å². The third-order valence-corrected chi connectivity index (χ3v) is 5.23. The monoisotopic (exact) mass is 332 g/mol. The zero-order chi connectivity index (χ0) is 16.6. The van der Waals surface area contributed by atoms with Crippen LogP contribution in [0.15, 0.2) is 6.20 Å². The van der Waals surface area contributed by atoms with Gasteiger partial charge in [-0.05, 0) is 26.2 Å². The Balaban J connectivity index is 1.43. The standard InChI is InChI=1S/C17H24N4O3/c1-11-18-10-13(15(19-11)12-2-3-12)20-16(22)21-14-4-7-24-17(14)5-8-23-9-6-17/h10,12,14H,2-9H2,1H3,(H2,20,21,22). The number of carbonyl (C=O) groups excluding carboxylic acids is 1. The lowest BCUT2D eigenvalue weighted by molar-refractivity contribution is -0.0867. The predicted molar refractivity (Wildman–Crippen MR) is 88.0 cm³/mol. The summed E-state index contributed by atoms with van der Waals surface area (Å²) >= 11 is 0. The Kier molecular flexibility index (Phi) is 4.14. The fourth-order valence-electron chi connectivity index (χ4n) is 3.73. The SMILES string of the molecule is Cc1ncc(NC(=O)NC2CCOC23CCOCC3)c(C2CC2)n1. The van der Waals surface area contributed by atoms with Gasteiger partial charge in [0.2, 0.25) is 0 Å². The highest BCUT2D eigenvalue weighted by atomic mass is 16.5. The molecule has 7 heteroatoms. The number of aryl methyl sites for hydroxylation is 1. The predicted octanol–water partition coefficient (Wildman–Crippen LogP) is 2.12. The molecule has 3 fully saturated rings. The number of hydrogen-bond acceptors (Lipinski definition) is 5. The molecule has 1 atom stereocenters. The number of rotatable bonds is 3. The zero-order valence-electron chi connectivity index (χ0n) is 14.0. The van der Waals surface area contributed by atoms with Gasteiger partial charge in [0.1, 0.15) is 5.82 Å². The Bertz CT molecular complexity index is 626. The van der Waals surface area contributed by atoms with Crippen LogP contribution in [0.1, 0.15) is 49.5 Å². The molecule has 0 radical (unpaired) electrons. The molecule has 2 aliphatic heterocycles. The van der Waals surface area contributed by atoms with E-state index in [2.05, 4.69) is 20.6 Å². The fraction of sp³-hybridized carbons (Fsp3) is 0.706. The third-order valence-electron chi connectivity index (χ3n) is 5.23. The zero-order valence-corrected chi connectivity index (χ0v) is 14.0. The average Bonchev–Trinajstić information content (AvgIpc) is 3.36. The van der Waals surface area contributed by atoms with Crippen molar-refractivity contribution in [1.82, 2.24) is 15.3 Å². The van der Waals surface area contributed by atoms with Crippen LogP contribution < -0.4 is 10.6 Å². The topological polar surface area (TPSA) is 85.4 Å². The summed E-state index contributed by atoms with van der Waals surface area (Å²) in [5, 5.41) is 6.05. The summed E-state index contributed by atoms with van der Waals surface area (Å²) in [4.78, 5) is 21.2. The number of anilines is 1. The number of nitrogens with zero attached hydrogens (tertiary/aromatic N) is 2. The van der Waals surface area contributed by atoms with Crippen molar-refractivity contribution in [2.45, 2.75) is 56.6 Å². The van der Waals surface area contributed by atoms with E-state index in [4.69, 9.17) is 9.47 Å². The summed E-state index contributed by atoms with van der Waals surface area (Å²) in [5.74, 6) is 1.20. The molecule has 1 aromatic rings. The van der Waals surface area contributed by atoms with Gasteiger partial charge in [0.15, 0.2) is 0 Å². The largest absolute Gasteiger partial charge is 0.381 e. The molecule has 3 aliphatic rings. The first-order valence-electron chi connectivity index (χ1n) is 8.79. The summed E-state index contributed by atoms with van der Waals surface area (Å²) in [7, 11) is 0. The van der Waals surface area contributed by atoms with Gasteiger partial charge >= 0.3 is 6.03 Å². The van der Waals surface area contributed by atoms with Gasteiger partial charge in [-0.2, -0.15) is 0 Å². The molecule has 1 aromatic heterocycles. The van der Waals surface area contributed by atoms with Crippen molar-refractivity contribution in [1.29, 1.82) is 0 Å². The van der Waals surface area contributed by atoms with Gasteiger partial charge < -0.3 is 20.1 Å². The van der Waals surface area contributed by atoms with Crippen LogP contribution in [0, 0.1) is 6.92 Å². The van der Waals surface area contributed by atoms with E-state index in [0.717, 1.165) is 49.3 Å². The molecule has 4 rings (SSSR count).